The van der Waals surface area contributed by atoms with Crippen molar-refractivity contribution in [1.82, 2.24) is 19.7 Å². The minimum atomic E-state index is -0.358. The van der Waals surface area contributed by atoms with Gasteiger partial charge >= 0.3 is 5.97 Å². The van der Waals surface area contributed by atoms with Crippen LogP contribution in [-0.2, 0) is 9.53 Å². The van der Waals surface area contributed by atoms with Crippen LogP contribution in [0.15, 0.2) is 29.4 Å². The van der Waals surface area contributed by atoms with Crippen LogP contribution in [0.25, 0.3) is 0 Å². The molecule has 4 rings (SSSR count). The Bertz CT molecular complexity index is 910. The SMILES string of the molecule is COC(=O)C1CCN(C(c2cccc(Cl)c2)C2Sc3nc(C)nn3C2=O)CC1. The Morgan fingerprint density at radius 1 is 1.36 bits per heavy atom. The Morgan fingerprint density at radius 3 is 2.75 bits per heavy atom. The lowest BCUT2D eigenvalue weighted by Gasteiger charge is -2.38. The number of ether oxygens (including phenoxy) is 1. The first-order valence-corrected chi connectivity index (χ1v) is 10.5. The first kappa shape index (κ1) is 19.4. The second-order valence-electron chi connectivity index (χ2n) is 7.06. The van der Waals surface area contributed by atoms with Gasteiger partial charge in [-0.25, -0.2) is 4.98 Å². The zero-order chi connectivity index (χ0) is 19.8. The van der Waals surface area contributed by atoms with E-state index in [2.05, 4.69) is 15.0 Å². The van der Waals surface area contributed by atoms with Gasteiger partial charge in [-0.1, -0.05) is 35.5 Å². The quantitative estimate of drug-likeness (QED) is 0.703. The number of thioether (sulfide) groups is 1. The first-order chi connectivity index (χ1) is 13.5. The van der Waals surface area contributed by atoms with Crippen LogP contribution in [0.2, 0.25) is 5.02 Å². The molecule has 9 heteroatoms. The number of carbonyl (C=O) groups is 2. The Hall–Kier alpha value is -1.90. The number of rotatable bonds is 4. The summed E-state index contributed by atoms with van der Waals surface area (Å²) in [5.74, 6) is 0.270. The fraction of sp³-hybridized carbons (Fsp3) is 0.474. The van der Waals surface area contributed by atoms with Gasteiger partial charge < -0.3 is 4.74 Å². The topological polar surface area (TPSA) is 77.3 Å². The Balaban J connectivity index is 1.62. The van der Waals surface area contributed by atoms with Crippen LogP contribution in [0, 0.1) is 12.8 Å². The summed E-state index contributed by atoms with van der Waals surface area (Å²) in [7, 11) is 1.42. The van der Waals surface area contributed by atoms with Gasteiger partial charge in [-0.2, -0.15) is 4.68 Å². The summed E-state index contributed by atoms with van der Waals surface area (Å²) in [5.41, 5.74) is 0.984. The third kappa shape index (κ3) is 3.56. The van der Waals surface area contributed by atoms with E-state index >= 15 is 0 Å². The van der Waals surface area contributed by atoms with Crippen LogP contribution >= 0.6 is 23.4 Å². The molecular formula is C19H21ClN4O3S. The van der Waals surface area contributed by atoms with Crippen LogP contribution < -0.4 is 0 Å². The zero-order valence-corrected chi connectivity index (χ0v) is 17.2. The van der Waals surface area contributed by atoms with Gasteiger partial charge in [0.25, 0.3) is 5.91 Å². The summed E-state index contributed by atoms with van der Waals surface area (Å²) < 4.78 is 6.30. The number of piperidine rings is 1. The number of halogens is 1. The summed E-state index contributed by atoms with van der Waals surface area (Å²) in [6, 6.07) is 7.46. The summed E-state index contributed by atoms with van der Waals surface area (Å²) >= 11 is 7.68. The number of aryl methyl sites for hydroxylation is 1. The second kappa shape index (κ2) is 7.85. The Labute approximate surface area is 172 Å². The lowest BCUT2D eigenvalue weighted by molar-refractivity contribution is -0.147. The van der Waals surface area contributed by atoms with Crippen molar-refractivity contribution in [3.63, 3.8) is 0 Å². The first-order valence-electron chi connectivity index (χ1n) is 9.20. The predicted octanol–water partition coefficient (Wildman–Crippen LogP) is 2.98. The predicted molar refractivity (Wildman–Crippen MR) is 106 cm³/mol. The molecule has 2 unspecified atom stereocenters. The lowest BCUT2D eigenvalue weighted by Crippen LogP contribution is -2.44. The number of aromatic nitrogens is 3. The van der Waals surface area contributed by atoms with Crippen molar-refractivity contribution in [2.24, 2.45) is 5.92 Å². The number of nitrogens with zero attached hydrogens (tertiary/aromatic N) is 4. The summed E-state index contributed by atoms with van der Waals surface area (Å²) in [6.45, 7) is 3.19. The van der Waals surface area contributed by atoms with Crippen LogP contribution in [0.3, 0.4) is 0 Å². The average molecular weight is 421 g/mol. The molecule has 1 aromatic carbocycles. The third-order valence-corrected chi connectivity index (χ3v) is 6.73. The summed E-state index contributed by atoms with van der Waals surface area (Å²) in [4.78, 5) is 31.6. The van der Waals surface area contributed by atoms with Gasteiger partial charge in [0.05, 0.1) is 19.1 Å². The van der Waals surface area contributed by atoms with Gasteiger partial charge in [0.15, 0.2) is 5.16 Å². The maximum atomic E-state index is 13.1. The van der Waals surface area contributed by atoms with E-state index in [1.165, 1.54) is 23.6 Å². The van der Waals surface area contributed by atoms with Gasteiger partial charge in [-0.3, -0.25) is 14.5 Å². The van der Waals surface area contributed by atoms with Gasteiger partial charge in [-0.15, -0.1) is 5.10 Å². The molecule has 0 bridgehead atoms. The van der Waals surface area contributed by atoms with Crippen LogP contribution in [0.1, 0.15) is 35.1 Å². The number of methoxy groups -OCH3 is 1. The monoisotopic (exact) mass is 420 g/mol. The molecule has 3 heterocycles. The molecule has 148 valence electrons. The highest BCUT2D eigenvalue weighted by Gasteiger charge is 2.44. The number of benzene rings is 1. The molecule has 1 aromatic heterocycles. The van der Waals surface area contributed by atoms with E-state index in [0.29, 0.717) is 41.9 Å². The molecule has 0 amide bonds. The molecule has 28 heavy (non-hydrogen) atoms. The summed E-state index contributed by atoms with van der Waals surface area (Å²) in [5, 5.41) is 5.14. The highest BCUT2D eigenvalue weighted by Crippen LogP contribution is 2.42. The molecule has 2 aliphatic heterocycles. The largest absolute Gasteiger partial charge is 0.469 e. The number of fused-ring (bicyclic) bond motifs is 1. The highest BCUT2D eigenvalue weighted by atomic mass is 35.5. The zero-order valence-electron chi connectivity index (χ0n) is 15.7. The minimum absolute atomic E-state index is 0.0688. The van der Waals surface area contributed by atoms with Crippen molar-refractivity contribution in [1.29, 1.82) is 0 Å². The van der Waals surface area contributed by atoms with E-state index in [-0.39, 0.29) is 29.1 Å². The van der Waals surface area contributed by atoms with Crippen LogP contribution in [0.5, 0.6) is 0 Å². The molecule has 1 fully saturated rings. The fourth-order valence-electron chi connectivity index (χ4n) is 3.95. The molecule has 0 spiro atoms. The lowest BCUT2D eigenvalue weighted by atomic mass is 9.93. The van der Waals surface area contributed by atoms with Crippen LogP contribution in [-0.4, -0.2) is 57.0 Å². The van der Waals surface area contributed by atoms with Gasteiger partial charge in [0.2, 0.25) is 0 Å². The third-order valence-electron chi connectivity index (χ3n) is 5.30. The molecule has 1 saturated heterocycles. The summed E-state index contributed by atoms with van der Waals surface area (Å²) in [6.07, 6.45) is 1.41. The van der Waals surface area contributed by atoms with E-state index in [0.717, 1.165) is 5.56 Å². The van der Waals surface area contributed by atoms with Gasteiger partial charge in [-0.05, 0) is 50.6 Å². The van der Waals surface area contributed by atoms with E-state index in [9.17, 15) is 9.59 Å². The van der Waals surface area contributed by atoms with Crippen molar-refractivity contribution in [2.75, 3.05) is 20.2 Å². The van der Waals surface area contributed by atoms with Crippen molar-refractivity contribution in [3.8, 4) is 0 Å². The van der Waals surface area contributed by atoms with Crippen molar-refractivity contribution >= 4 is 35.2 Å². The van der Waals surface area contributed by atoms with E-state index in [1.54, 1.807) is 6.92 Å². The Morgan fingerprint density at radius 2 is 2.11 bits per heavy atom. The molecule has 7 nitrogen and oxygen atoms in total. The van der Waals surface area contributed by atoms with Crippen molar-refractivity contribution in [2.45, 2.75) is 36.2 Å². The van der Waals surface area contributed by atoms with Crippen molar-refractivity contribution < 1.29 is 14.3 Å². The molecule has 2 aromatic rings. The average Bonchev–Trinajstić information content (AvgIpc) is 3.19. The highest BCUT2D eigenvalue weighted by molar-refractivity contribution is 8.00. The molecule has 0 aliphatic carbocycles. The number of likely N-dealkylation sites (tertiary alicyclic amines) is 1. The number of carbonyl (C=O) groups excluding carboxylic acids is 2. The van der Waals surface area contributed by atoms with E-state index < -0.39 is 0 Å². The molecular weight excluding hydrogens is 400 g/mol. The molecule has 2 aliphatic rings. The molecule has 0 N–H and O–H groups in total. The molecule has 2 atom stereocenters. The number of hydrogen-bond acceptors (Lipinski definition) is 7. The van der Waals surface area contributed by atoms with Gasteiger partial charge in [0.1, 0.15) is 11.1 Å². The smallest absolute Gasteiger partial charge is 0.308 e. The standard InChI is InChI=1S/C19H21ClN4O3S/c1-11-21-19-24(22-11)17(25)16(28-19)15(13-4-3-5-14(20)10-13)23-8-6-12(7-9-23)18(26)27-2/h3-5,10,12,15-16H,6-9H2,1-2H3. The second-order valence-corrected chi connectivity index (χ2v) is 8.61. The molecule has 0 saturated carbocycles. The maximum absolute atomic E-state index is 13.1. The normalized spacial score (nSPS) is 21.5. The van der Waals surface area contributed by atoms with E-state index in [4.69, 9.17) is 16.3 Å². The fourth-order valence-corrected chi connectivity index (χ4v) is 5.45. The van der Waals surface area contributed by atoms with Gasteiger partial charge in [0, 0.05) is 5.02 Å². The molecule has 0 radical (unpaired) electrons. The Kier molecular flexibility index (Phi) is 5.44. The minimum Gasteiger partial charge on any atom is -0.469 e. The maximum Gasteiger partial charge on any atom is 0.308 e. The number of hydrogen-bond donors (Lipinski definition) is 0. The van der Waals surface area contributed by atoms with E-state index in [1.807, 2.05) is 24.3 Å². The number of esters is 1. The van der Waals surface area contributed by atoms with Crippen LogP contribution in [0.4, 0.5) is 0 Å². The van der Waals surface area contributed by atoms with Crippen molar-refractivity contribution in [3.05, 3.63) is 40.7 Å².